The highest BCUT2D eigenvalue weighted by Crippen LogP contribution is 2.39. The first-order chi connectivity index (χ1) is 16.0. The molecule has 1 aromatic carbocycles. The minimum atomic E-state index is -0.393. The molecular weight excluding hydrogens is 421 g/mol. The van der Waals surface area contributed by atoms with Gasteiger partial charge in [0.1, 0.15) is 23.2 Å². The Labute approximate surface area is 192 Å². The maximum absolute atomic E-state index is 15.2. The Morgan fingerprint density at radius 3 is 2.61 bits per heavy atom. The number of benzene rings is 1. The summed E-state index contributed by atoms with van der Waals surface area (Å²) in [6.45, 7) is 7.51. The standard InChI is InChI=1S/C25H26FN5O2/c1-15-12-20(30-10-8-27-9-11-30)29-21(13-15)31-14-18-17(25(31)32)6-7-28-24(18)22-19(33-3)5-4-16(2)23(22)26/h4-7,12-13,27H,8-11,14H2,1-3H3. The van der Waals surface area contributed by atoms with E-state index in [-0.39, 0.29) is 18.0 Å². The molecule has 0 aliphatic carbocycles. The summed E-state index contributed by atoms with van der Waals surface area (Å²) in [5.74, 6) is 1.29. The molecule has 4 heterocycles. The minimum Gasteiger partial charge on any atom is -0.496 e. The molecule has 3 aromatic rings. The number of nitrogens with zero attached hydrogens (tertiary/aromatic N) is 4. The fourth-order valence-electron chi connectivity index (χ4n) is 4.51. The van der Waals surface area contributed by atoms with Gasteiger partial charge >= 0.3 is 0 Å². The van der Waals surface area contributed by atoms with E-state index >= 15 is 4.39 Å². The Morgan fingerprint density at radius 1 is 1.09 bits per heavy atom. The SMILES string of the molecule is COc1ccc(C)c(F)c1-c1nccc2c1CN(c1cc(C)cc(N3CCNCC3)n1)C2=O. The van der Waals surface area contributed by atoms with Crippen molar-refractivity contribution in [3.8, 4) is 17.0 Å². The number of pyridine rings is 2. The van der Waals surface area contributed by atoms with Crippen molar-refractivity contribution in [2.75, 3.05) is 43.1 Å². The van der Waals surface area contributed by atoms with Crippen LogP contribution in [0.1, 0.15) is 27.0 Å². The monoisotopic (exact) mass is 447 g/mol. The van der Waals surface area contributed by atoms with Crippen molar-refractivity contribution in [2.24, 2.45) is 0 Å². The third-order valence-electron chi connectivity index (χ3n) is 6.26. The summed E-state index contributed by atoms with van der Waals surface area (Å²) in [7, 11) is 1.50. The van der Waals surface area contributed by atoms with E-state index in [1.807, 2.05) is 19.1 Å². The summed E-state index contributed by atoms with van der Waals surface area (Å²) in [4.78, 5) is 26.6. The third-order valence-corrected chi connectivity index (χ3v) is 6.26. The Balaban J connectivity index is 1.56. The number of ether oxygens (including phenoxy) is 1. The molecule has 170 valence electrons. The number of rotatable bonds is 4. The predicted molar refractivity (Wildman–Crippen MR) is 125 cm³/mol. The summed E-state index contributed by atoms with van der Waals surface area (Å²) in [6, 6.07) is 9.05. The molecule has 1 fully saturated rings. The molecule has 2 aliphatic heterocycles. The first-order valence-corrected chi connectivity index (χ1v) is 11.1. The number of methoxy groups -OCH3 is 1. The van der Waals surface area contributed by atoms with Crippen LogP contribution in [0.4, 0.5) is 16.0 Å². The second-order valence-electron chi connectivity index (χ2n) is 8.45. The fraction of sp³-hybridized carbons (Fsp3) is 0.320. The van der Waals surface area contributed by atoms with Gasteiger partial charge in [0.2, 0.25) is 0 Å². The van der Waals surface area contributed by atoms with Gasteiger partial charge in [-0.25, -0.2) is 9.37 Å². The van der Waals surface area contributed by atoms with E-state index in [9.17, 15) is 4.79 Å². The molecule has 1 saturated heterocycles. The van der Waals surface area contributed by atoms with E-state index in [4.69, 9.17) is 9.72 Å². The number of aromatic nitrogens is 2. The predicted octanol–water partition coefficient (Wildman–Crippen LogP) is 3.48. The fourth-order valence-corrected chi connectivity index (χ4v) is 4.51. The summed E-state index contributed by atoms with van der Waals surface area (Å²) >= 11 is 0. The van der Waals surface area contributed by atoms with Crippen LogP contribution in [0.25, 0.3) is 11.3 Å². The van der Waals surface area contributed by atoms with Crippen LogP contribution in [0.3, 0.4) is 0 Å². The van der Waals surface area contributed by atoms with Gasteiger partial charge in [-0.05, 0) is 49.2 Å². The number of fused-ring (bicyclic) bond motifs is 1. The van der Waals surface area contributed by atoms with E-state index in [1.54, 1.807) is 36.2 Å². The van der Waals surface area contributed by atoms with Crippen LogP contribution in [0.5, 0.6) is 5.75 Å². The molecule has 5 rings (SSSR count). The zero-order valence-corrected chi connectivity index (χ0v) is 19.0. The lowest BCUT2D eigenvalue weighted by atomic mass is 9.99. The van der Waals surface area contributed by atoms with Crippen molar-refractivity contribution in [2.45, 2.75) is 20.4 Å². The lowest BCUT2D eigenvalue weighted by Crippen LogP contribution is -2.44. The number of halogens is 1. The zero-order chi connectivity index (χ0) is 23.1. The highest BCUT2D eigenvalue weighted by molar-refractivity contribution is 6.10. The van der Waals surface area contributed by atoms with Gasteiger partial charge in [0, 0.05) is 43.5 Å². The van der Waals surface area contributed by atoms with Crippen LogP contribution in [-0.4, -0.2) is 49.2 Å². The number of anilines is 2. The number of carbonyl (C=O) groups is 1. The average molecular weight is 448 g/mol. The molecular formula is C25H26FN5O2. The summed E-state index contributed by atoms with van der Waals surface area (Å²) in [6.07, 6.45) is 1.55. The van der Waals surface area contributed by atoms with Crippen LogP contribution in [-0.2, 0) is 6.54 Å². The topological polar surface area (TPSA) is 70.6 Å². The Kier molecular flexibility index (Phi) is 5.46. The number of aryl methyl sites for hydroxylation is 2. The Hall–Kier alpha value is -3.52. The molecule has 0 spiro atoms. The van der Waals surface area contributed by atoms with E-state index in [0.29, 0.717) is 34.0 Å². The second kappa shape index (κ2) is 8.44. The highest BCUT2D eigenvalue weighted by Gasteiger charge is 2.34. The van der Waals surface area contributed by atoms with Crippen molar-refractivity contribution in [3.63, 3.8) is 0 Å². The molecule has 1 N–H and O–H groups in total. The number of hydrogen-bond acceptors (Lipinski definition) is 6. The van der Waals surface area contributed by atoms with Gasteiger partial charge in [-0.15, -0.1) is 0 Å². The molecule has 0 saturated carbocycles. The molecule has 2 aliphatic rings. The number of amides is 1. The minimum absolute atomic E-state index is 0.162. The highest BCUT2D eigenvalue weighted by atomic mass is 19.1. The van der Waals surface area contributed by atoms with E-state index in [2.05, 4.69) is 15.2 Å². The van der Waals surface area contributed by atoms with Crippen LogP contribution >= 0.6 is 0 Å². The van der Waals surface area contributed by atoms with Gasteiger partial charge < -0.3 is 15.0 Å². The Morgan fingerprint density at radius 2 is 1.85 bits per heavy atom. The molecule has 0 radical (unpaired) electrons. The molecule has 33 heavy (non-hydrogen) atoms. The Bertz CT molecular complexity index is 1240. The van der Waals surface area contributed by atoms with Crippen molar-refractivity contribution in [3.05, 3.63) is 64.6 Å². The molecule has 0 bridgehead atoms. The van der Waals surface area contributed by atoms with Crippen molar-refractivity contribution < 1.29 is 13.9 Å². The summed E-state index contributed by atoms with van der Waals surface area (Å²) in [5.41, 5.74) is 3.42. The maximum atomic E-state index is 15.2. The van der Waals surface area contributed by atoms with Gasteiger partial charge in [0.15, 0.2) is 0 Å². The number of hydrogen-bond donors (Lipinski definition) is 1. The van der Waals surface area contributed by atoms with Gasteiger partial charge in [-0.2, -0.15) is 0 Å². The first-order valence-electron chi connectivity index (χ1n) is 11.1. The maximum Gasteiger partial charge on any atom is 0.260 e. The smallest absolute Gasteiger partial charge is 0.260 e. The molecule has 1 amide bonds. The molecule has 2 aromatic heterocycles. The zero-order valence-electron chi connectivity index (χ0n) is 19.0. The van der Waals surface area contributed by atoms with Crippen molar-refractivity contribution in [1.82, 2.24) is 15.3 Å². The quantitative estimate of drug-likeness (QED) is 0.661. The van der Waals surface area contributed by atoms with Gasteiger partial charge in [0.05, 0.1) is 24.9 Å². The largest absolute Gasteiger partial charge is 0.496 e. The van der Waals surface area contributed by atoms with Gasteiger partial charge in [-0.1, -0.05) is 6.07 Å². The summed E-state index contributed by atoms with van der Waals surface area (Å²) in [5, 5.41) is 3.35. The lowest BCUT2D eigenvalue weighted by molar-refractivity contribution is 0.0996. The molecule has 7 nitrogen and oxygen atoms in total. The molecule has 8 heteroatoms. The van der Waals surface area contributed by atoms with Gasteiger partial charge in [0.25, 0.3) is 5.91 Å². The summed E-state index contributed by atoms with van der Waals surface area (Å²) < 4.78 is 20.6. The van der Waals surface area contributed by atoms with Crippen molar-refractivity contribution in [1.29, 1.82) is 0 Å². The normalized spacial score (nSPS) is 15.7. The van der Waals surface area contributed by atoms with Crippen LogP contribution in [0, 0.1) is 19.7 Å². The van der Waals surface area contributed by atoms with E-state index in [0.717, 1.165) is 37.6 Å². The molecule has 0 unspecified atom stereocenters. The van der Waals surface area contributed by atoms with Gasteiger partial charge in [-0.3, -0.25) is 14.7 Å². The van der Waals surface area contributed by atoms with Crippen LogP contribution in [0.2, 0.25) is 0 Å². The average Bonchev–Trinajstić information content (AvgIpc) is 3.18. The van der Waals surface area contributed by atoms with E-state index < -0.39 is 5.82 Å². The number of nitrogens with one attached hydrogen (secondary N) is 1. The van der Waals surface area contributed by atoms with Crippen LogP contribution in [0.15, 0.2) is 36.5 Å². The van der Waals surface area contributed by atoms with E-state index in [1.165, 1.54) is 7.11 Å². The first kappa shape index (κ1) is 21.3. The lowest BCUT2D eigenvalue weighted by Gasteiger charge is -2.29. The second-order valence-corrected chi connectivity index (χ2v) is 8.45. The van der Waals surface area contributed by atoms with Crippen LogP contribution < -0.4 is 19.9 Å². The number of carbonyl (C=O) groups excluding carboxylic acids is 1. The number of piperazine rings is 1. The van der Waals surface area contributed by atoms with Crippen molar-refractivity contribution >= 4 is 17.5 Å². The third kappa shape index (κ3) is 3.70. The molecule has 0 atom stereocenters.